The minimum absolute atomic E-state index is 0.0488. The maximum absolute atomic E-state index is 13.0. The van der Waals surface area contributed by atoms with E-state index in [1.165, 1.54) is 6.08 Å². The fraction of sp³-hybridized carbons (Fsp3) is 0.320. The number of hydrogen-bond donors (Lipinski definition) is 3. The topological polar surface area (TPSA) is 116 Å². The van der Waals surface area contributed by atoms with E-state index in [0.29, 0.717) is 0 Å². The van der Waals surface area contributed by atoms with Crippen molar-refractivity contribution in [2.75, 3.05) is 13.2 Å². The van der Waals surface area contributed by atoms with Gasteiger partial charge in [-0.15, -0.1) is 6.58 Å². The van der Waals surface area contributed by atoms with Crippen molar-refractivity contribution >= 4 is 18.0 Å². The first-order valence-electron chi connectivity index (χ1n) is 10.8. The highest BCUT2D eigenvalue weighted by Gasteiger charge is 2.41. The van der Waals surface area contributed by atoms with Gasteiger partial charge in [0.1, 0.15) is 18.7 Å². The van der Waals surface area contributed by atoms with Gasteiger partial charge in [0.05, 0.1) is 6.10 Å². The Morgan fingerprint density at radius 3 is 2.30 bits per heavy atom. The number of rotatable bonds is 7. The Balaban J connectivity index is 1.44. The Hall–Kier alpha value is -3.65. The summed E-state index contributed by atoms with van der Waals surface area (Å²) in [6, 6.07) is 13.8. The molecule has 1 aliphatic carbocycles. The van der Waals surface area contributed by atoms with E-state index < -0.39 is 36.2 Å². The quantitative estimate of drug-likeness (QED) is 0.558. The van der Waals surface area contributed by atoms with Gasteiger partial charge in [-0.3, -0.25) is 4.79 Å². The fourth-order valence-electron chi connectivity index (χ4n) is 4.66. The molecule has 1 saturated heterocycles. The highest BCUT2D eigenvalue weighted by Crippen LogP contribution is 2.44. The lowest BCUT2D eigenvalue weighted by Gasteiger charge is -2.26. The lowest BCUT2D eigenvalue weighted by atomic mass is 9.98. The van der Waals surface area contributed by atoms with Gasteiger partial charge in [0.15, 0.2) is 0 Å². The third-order valence-corrected chi connectivity index (χ3v) is 6.18. The number of hydrogen-bond acceptors (Lipinski definition) is 5. The molecule has 3 atom stereocenters. The molecule has 4 rings (SSSR count). The molecule has 0 saturated carbocycles. The fourth-order valence-corrected chi connectivity index (χ4v) is 4.66. The number of benzene rings is 2. The van der Waals surface area contributed by atoms with Crippen LogP contribution in [-0.2, 0) is 14.3 Å². The number of aliphatic hydroxyl groups excluding tert-OH is 1. The van der Waals surface area contributed by atoms with E-state index in [1.807, 2.05) is 48.5 Å². The predicted molar refractivity (Wildman–Crippen MR) is 121 cm³/mol. The molecule has 0 spiro atoms. The molecule has 1 heterocycles. The molecule has 2 amide bonds. The largest absolute Gasteiger partial charge is 0.480 e. The molecule has 0 aromatic heterocycles. The van der Waals surface area contributed by atoms with Gasteiger partial charge >= 0.3 is 12.1 Å². The van der Waals surface area contributed by atoms with Gasteiger partial charge in [0, 0.05) is 18.9 Å². The van der Waals surface area contributed by atoms with E-state index >= 15 is 0 Å². The van der Waals surface area contributed by atoms with E-state index in [4.69, 9.17) is 4.74 Å². The van der Waals surface area contributed by atoms with Crippen molar-refractivity contribution in [2.45, 2.75) is 36.9 Å². The van der Waals surface area contributed by atoms with Crippen LogP contribution in [0.2, 0.25) is 0 Å². The molecule has 8 nitrogen and oxygen atoms in total. The van der Waals surface area contributed by atoms with E-state index in [-0.39, 0.29) is 31.9 Å². The maximum Gasteiger partial charge on any atom is 0.407 e. The molecule has 2 aliphatic rings. The molecule has 2 aromatic rings. The number of aliphatic hydroxyl groups is 1. The first-order chi connectivity index (χ1) is 15.9. The van der Waals surface area contributed by atoms with Gasteiger partial charge in [0.2, 0.25) is 5.91 Å². The van der Waals surface area contributed by atoms with Crippen molar-refractivity contribution < 1.29 is 29.3 Å². The summed E-state index contributed by atoms with van der Waals surface area (Å²) in [7, 11) is 0. The van der Waals surface area contributed by atoms with Gasteiger partial charge in [-0.25, -0.2) is 9.59 Å². The molecule has 0 bridgehead atoms. The standard InChI is InChI=1S/C25H26N2O6/c1-2-7-21(23(29)27-13-15(28)12-22(27)24(30)31)26-25(32)33-14-20-18-10-5-3-8-16(18)17-9-4-6-11-19(17)20/h2-6,8-11,15,20-22,28H,1,7,12-14H2,(H,26,32)(H,30,31). The summed E-state index contributed by atoms with van der Waals surface area (Å²) in [6.07, 6.45) is -0.179. The number of aliphatic carboxylic acids is 1. The Labute approximate surface area is 191 Å². The zero-order valence-corrected chi connectivity index (χ0v) is 18.0. The van der Waals surface area contributed by atoms with E-state index in [1.54, 1.807) is 0 Å². The average Bonchev–Trinajstić information content (AvgIpc) is 3.35. The zero-order valence-electron chi connectivity index (χ0n) is 18.0. The SMILES string of the molecule is C=CCC(NC(=O)OCC1c2ccccc2-c2ccccc21)C(=O)N1CC(O)CC1C(=O)O. The molecular formula is C25H26N2O6. The highest BCUT2D eigenvalue weighted by atomic mass is 16.5. The van der Waals surface area contributed by atoms with Crippen LogP contribution in [0.1, 0.15) is 29.9 Å². The van der Waals surface area contributed by atoms with Crippen LogP contribution in [0, 0.1) is 0 Å². The summed E-state index contributed by atoms with van der Waals surface area (Å²) in [5.74, 6) is -1.91. The molecule has 1 aliphatic heterocycles. The van der Waals surface area contributed by atoms with Crippen molar-refractivity contribution in [2.24, 2.45) is 0 Å². The summed E-state index contributed by atoms with van der Waals surface area (Å²) in [5, 5.41) is 21.8. The molecule has 3 N–H and O–H groups in total. The Bertz CT molecular complexity index is 1040. The number of fused-ring (bicyclic) bond motifs is 3. The first kappa shape index (κ1) is 22.5. The molecule has 8 heteroatoms. The summed E-state index contributed by atoms with van der Waals surface area (Å²) >= 11 is 0. The van der Waals surface area contributed by atoms with Crippen LogP contribution in [-0.4, -0.2) is 64.4 Å². The Morgan fingerprint density at radius 2 is 1.73 bits per heavy atom. The number of nitrogens with one attached hydrogen (secondary N) is 1. The number of amides is 2. The van der Waals surface area contributed by atoms with E-state index in [0.717, 1.165) is 27.2 Å². The maximum atomic E-state index is 13.0. The minimum atomic E-state index is -1.20. The number of ether oxygens (including phenoxy) is 1. The molecule has 3 unspecified atom stereocenters. The van der Waals surface area contributed by atoms with Crippen LogP contribution >= 0.6 is 0 Å². The number of β-amino-alcohol motifs (C(OH)–C–C–N with tert-alkyl or cyclic N) is 1. The Kier molecular flexibility index (Phi) is 6.46. The summed E-state index contributed by atoms with van der Waals surface area (Å²) in [4.78, 5) is 38.1. The minimum Gasteiger partial charge on any atom is -0.480 e. The smallest absolute Gasteiger partial charge is 0.407 e. The molecule has 1 fully saturated rings. The van der Waals surface area contributed by atoms with Crippen molar-refractivity contribution in [1.29, 1.82) is 0 Å². The van der Waals surface area contributed by atoms with Gasteiger partial charge in [-0.2, -0.15) is 0 Å². The van der Waals surface area contributed by atoms with Crippen molar-refractivity contribution in [3.8, 4) is 11.1 Å². The van der Waals surface area contributed by atoms with Gasteiger partial charge in [-0.1, -0.05) is 54.6 Å². The number of carboxylic acid groups (broad SMARTS) is 1. The number of carbonyl (C=O) groups excluding carboxylic acids is 2. The van der Waals surface area contributed by atoms with Crippen molar-refractivity contribution in [3.05, 3.63) is 72.3 Å². The number of carboxylic acids is 1. The summed E-state index contributed by atoms with van der Waals surface area (Å²) in [5.41, 5.74) is 4.35. The monoisotopic (exact) mass is 450 g/mol. The second kappa shape index (κ2) is 9.46. The van der Waals surface area contributed by atoms with Crippen LogP contribution in [0.15, 0.2) is 61.2 Å². The van der Waals surface area contributed by atoms with Crippen LogP contribution < -0.4 is 5.32 Å². The number of alkyl carbamates (subject to hydrolysis) is 1. The normalized spacial score (nSPS) is 20.0. The van der Waals surface area contributed by atoms with Crippen LogP contribution in [0.4, 0.5) is 4.79 Å². The van der Waals surface area contributed by atoms with Crippen LogP contribution in [0.5, 0.6) is 0 Å². The summed E-state index contributed by atoms with van der Waals surface area (Å²) < 4.78 is 5.50. The van der Waals surface area contributed by atoms with Crippen LogP contribution in [0.25, 0.3) is 11.1 Å². The molecule has 33 heavy (non-hydrogen) atoms. The molecular weight excluding hydrogens is 424 g/mol. The third-order valence-electron chi connectivity index (χ3n) is 6.18. The van der Waals surface area contributed by atoms with Crippen molar-refractivity contribution in [1.82, 2.24) is 10.2 Å². The third kappa shape index (κ3) is 4.47. The summed E-state index contributed by atoms with van der Waals surface area (Å²) in [6.45, 7) is 3.61. The predicted octanol–water partition coefficient (Wildman–Crippen LogP) is 2.52. The van der Waals surface area contributed by atoms with E-state index in [2.05, 4.69) is 11.9 Å². The molecule has 0 radical (unpaired) electrons. The highest BCUT2D eigenvalue weighted by molar-refractivity contribution is 5.90. The van der Waals surface area contributed by atoms with E-state index in [9.17, 15) is 24.6 Å². The second-order valence-corrected chi connectivity index (χ2v) is 8.28. The lowest BCUT2D eigenvalue weighted by molar-refractivity contribution is -0.148. The average molecular weight is 450 g/mol. The number of likely N-dealkylation sites (tertiary alicyclic amines) is 1. The van der Waals surface area contributed by atoms with Gasteiger partial charge in [0.25, 0.3) is 0 Å². The van der Waals surface area contributed by atoms with Gasteiger partial charge < -0.3 is 25.2 Å². The zero-order chi connectivity index (χ0) is 23.5. The number of nitrogens with zero attached hydrogens (tertiary/aromatic N) is 1. The molecule has 172 valence electrons. The van der Waals surface area contributed by atoms with Gasteiger partial charge in [-0.05, 0) is 28.7 Å². The lowest BCUT2D eigenvalue weighted by Crippen LogP contribution is -2.51. The first-order valence-corrected chi connectivity index (χ1v) is 10.8. The number of carbonyl (C=O) groups is 3. The Morgan fingerprint density at radius 1 is 1.12 bits per heavy atom. The van der Waals surface area contributed by atoms with Crippen LogP contribution in [0.3, 0.4) is 0 Å². The van der Waals surface area contributed by atoms with Crippen molar-refractivity contribution in [3.63, 3.8) is 0 Å². The molecule has 2 aromatic carbocycles. The second-order valence-electron chi connectivity index (χ2n) is 8.28.